The second-order valence-corrected chi connectivity index (χ2v) is 11.6. The third-order valence-electron chi connectivity index (χ3n) is 9.47. The number of nitrogens with zero attached hydrogens (tertiary/aromatic N) is 2. The average Bonchev–Trinajstić information content (AvgIpc) is 3.67. The van der Waals surface area contributed by atoms with Gasteiger partial charge in [0.25, 0.3) is 0 Å². The Balaban J connectivity index is 1.74. The topological polar surface area (TPSA) is 120 Å². The number of carboxylic acid groups (broad SMARTS) is 1. The van der Waals surface area contributed by atoms with Crippen LogP contribution in [-0.4, -0.2) is 52.1 Å². The summed E-state index contributed by atoms with van der Waals surface area (Å²) in [4.78, 5) is 42.4. The van der Waals surface area contributed by atoms with Crippen molar-refractivity contribution in [2.24, 2.45) is 21.3 Å². The van der Waals surface area contributed by atoms with E-state index in [9.17, 15) is 14.7 Å². The molecule has 0 aromatic carbocycles. The van der Waals surface area contributed by atoms with Crippen molar-refractivity contribution < 1.29 is 19.4 Å². The van der Waals surface area contributed by atoms with Crippen molar-refractivity contribution in [1.29, 1.82) is 0 Å². The maximum atomic E-state index is 13.3. The van der Waals surface area contributed by atoms with E-state index in [4.69, 9.17) is 9.73 Å². The summed E-state index contributed by atoms with van der Waals surface area (Å²) in [5.74, 6) is -2.93. The van der Waals surface area contributed by atoms with Crippen LogP contribution in [0.5, 0.6) is 0 Å². The number of hydrogen-bond acceptors (Lipinski definition) is 5. The Morgan fingerprint density at radius 2 is 1.61 bits per heavy atom. The average molecular weight is 591 g/mol. The van der Waals surface area contributed by atoms with Crippen LogP contribution >= 0.6 is 0 Å². The molecule has 0 radical (unpaired) electrons. The van der Waals surface area contributed by atoms with Gasteiger partial charge in [0.15, 0.2) is 0 Å². The molecular weight excluding hydrogens is 552 g/mol. The maximum Gasteiger partial charge on any atom is 0.332 e. The van der Waals surface area contributed by atoms with E-state index in [1.54, 1.807) is 12.2 Å². The first-order chi connectivity index (χ1) is 20.9. The Morgan fingerprint density at radius 1 is 0.955 bits per heavy atom. The number of nitrogens with one attached hydrogen (secondary N) is 2. The molecule has 8 nitrogen and oxygen atoms in total. The van der Waals surface area contributed by atoms with E-state index in [2.05, 4.69) is 55.0 Å². The number of aliphatic carboxylic acids is 1. The number of carboxylic acids is 1. The van der Waals surface area contributed by atoms with Gasteiger partial charge in [0.05, 0.1) is 41.8 Å². The molecule has 2 aliphatic heterocycles. The Morgan fingerprint density at radius 3 is 2.18 bits per heavy atom. The van der Waals surface area contributed by atoms with Crippen molar-refractivity contribution in [2.75, 3.05) is 13.7 Å². The Bertz CT molecular complexity index is 1970. The molecule has 1 aliphatic carbocycles. The molecule has 44 heavy (non-hydrogen) atoms. The third kappa shape index (κ3) is 4.71. The molecule has 3 N–H and O–H groups in total. The molecule has 2 aromatic heterocycles. The lowest BCUT2D eigenvalue weighted by Gasteiger charge is -2.36. The number of carbonyl (C=O) groups is 2. The lowest BCUT2D eigenvalue weighted by Crippen LogP contribution is -2.44. The lowest BCUT2D eigenvalue weighted by molar-refractivity contribution is -0.148. The summed E-state index contributed by atoms with van der Waals surface area (Å²) in [7, 11) is 1.27. The zero-order chi connectivity index (χ0) is 32.1. The molecule has 2 unspecified atom stereocenters. The van der Waals surface area contributed by atoms with Crippen molar-refractivity contribution >= 4 is 41.6 Å². The highest BCUT2D eigenvalue weighted by Crippen LogP contribution is 2.52. The van der Waals surface area contributed by atoms with Gasteiger partial charge in [-0.2, -0.15) is 0 Å². The SMILES string of the molecule is C=CC1=C(C)C(/C=C2N=C(/C=c3\[nH]/c(=C\c4[nH]c(C=C)c(C)c4C)c(C)c3C)C3(C)C\2=CC=C(C(=O)O)C3C(=O)OC)=NC1. The molecule has 2 atom stereocenters. The standard InChI is InChI=1S/C36H38N4O4/c1-10-23-17-37-27(22(23)7)14-31-25-13-12-24(34(41)42)33(35(43)44-9)36(25,8)32(40-31)16-30-21(6)20(5)29(39-30)15-28-19(4)18(3)26(11-2)38-28/h10-16,33,38-39H,1-2,17H2,3-9H3,(H,41,42)/b29-15-,30-16-,31-14-. The molecule has 0 saturated carbocycles. The fourth-order valence-electron chi connectivity index (χ4n) is 6.28. The van der Waals surface area contributed by atoms with Crippen LogP contribution in [0.1, 0.15) is 47.5 Å². The van der Waals surface area contributed by atoms with Crippen LogP contribution in [0.4, 0.5) is 0 Å². The first-order valence-electron chi connectivity index (χ1n) is 14.5. The molecule has 4 heterocycles. The number of esters is 1. The van der Waals surface area contributed by atoms with Crippen LogP contribution < -0.4 is 10.7 Å². The van der Waals surface area contributed by atoms with Crippen LogP contribution in [0.15, 0.2) is 75.4 Å². The molecule has 0 bridgehead atoms. The van der Waals surface area contributed by atoms with Gasteiger partial charge in [-0.25, -0.2) is 4.79 Å². The van der Waals surface area contributed by atoms with Crippen molar-refractivity contribution in [3.8, 4) is 0 Å². The van der Waals surface area contributed by atoms with Gasteiger partial charge in [-0.15, -0.1) is 0 Å². The van der Waals surface area contributed by atoms with Crippen LogP contribution in [0.25, 0.3) is 18.2 Å². The number of aliphatic imine (C=N–C) groups is 2. The minimum atomic E-state index is -1.18. The zero-order valence-electron chi connectivity index (χ0n) is 26.3. The second-order valence-electron chi connectivity index (χ2n) is 11.6. The highest BCUT2D eigenvalue weighted by Gasteiger charge is 2.54. The van der Waals surface area contributed by atoms with Gasteiger partial charge in [0.2, 0.25) is 0 Å². The van der Waals surface area contributed by atoms with Gasteiger partial charge < -0.3 is 19.8 Å². The number of fused-ring (bicyclic) bond motifs is 1. The summed E-state index contributed by atoms with van der Waals surface area (Å²) in [5, 5.41) is 11.9. The molecule has 3 aliphatic rings. The Kier molecular flexibility index (Phi) is 7.80. The van der Waals surface area contributed by atoms with E-state index in [1.165, 1.54) is 13.2 Å². The van der Waals surface area contributed by atoms with E-state index in [0.717, 1.165) is 66.8 Å². The fourth-order valence-corrected chi connectivity index (χ4v) is 6.28. The van der Waals surface area contributed by atoms with Crippen LogP contribution in [0.3, 0.4) is 0 Å². The highest BCUT2D eigenvalue weighted by molar-refractivity contribution is 6.21. The summed E-state index contributed by atoms with van der Waals surface area (Å²) in [5.41, 5.74) is 9.94. The number of carbonyl (C=O) groups excluding carboxylic acids is 1. The normalized spacial score (nSPS) is 23.0. The molecule has 8 heteroatoms. The molecule has 0 fully saturated rings. The summed E-state index contributed by atoms with van der Waals surface area (Å²) in [6, 6.07) is 0. The van der Waals surface area contributed by atoms with E-state index < -0.39 is 23.3 Å². The minimum absolute atomic E-state index is 0.0438. The number of rotatable bonds is 7. The first-order valence-corrected chi connectivity index (χ1v) is 14.5. The van der Waals surface area contributed by atoms with Gasteiger partial charge in [-0.05, 0) is 105 Å². The summed E-state index contributed by atoms with van der Waals surface area (Å²) in [6.45, 7) is 20.4. The van der Waals surface area contributed by atoms with Gasteiger partial charge in [0.1, 0.15) is 5.92 Å². The molecule has 5 rings (SSSR count). The third-order valence-corrected chi connectivity index (χ3v) is 9.47. The summed E-state index contributed by atoms with van der Waals surface area (Å²) >= 11 is 0. The number of allylic oxidation sites excluding steroid dienone is 5. The van der Waals surface area contributed by atoms with Gasteiger partial charge in [-0.3, -0.25) is 14.8 Å². The predicted molar refractivity (Wildman–Crippen MR) is 176 cm³/mol. The Labute approximate surface area is 257 Å². The lowest BCUT2D eigenvalue weighted by atomic mass is 9.63. The molecule has 0 spiro atoms. The monoisotopic (exact) mass is 590 g/mol. The highest BCUT2D eigenvalue weighted by atomic mass is 16.5. The maximum absolute atomic E-state index is 13.3. The van der Waals surface area contributed by atoms with Crippen molar-refractivity contribution in [2.45, 2.75) is 41.5 Å². The van der Waals surface area contributed by atoms with E-state index in [1.807, 2.05) is 39.0 Å². The number of hydrogen-bond donors (Lipinski definition) is 3. The molecule has 226 valence electrons. The van der Waals surface area contributed by atoms with Crippen molar-refractivity contribution in [1.82, 2.24) is 9.97 Å². The fraction of sp³-hybridized carbons (Fsp3) is 0.278. The molecular formula is C36H38N4O4. The van der Waals surface area contributed by atoms with Crippen molar-refractivity contribution in [3.63, 3.8) is 0 Å². The number of ether oxygens (including phenoxy) is 1. The summed E-state index contributed by atoms with van der Waals surface area (Å²) < 4.78 is 5.18. The largest absolute Gasteiger partial charge is 0.478 e. The quantitative estimate of drug-likeness (QED) is 0.399. The number of aromatic nitrogens is 2. The zero-order valence-corrected chi connectivity index (χ0v) is 26.3. The molecule has 0 amide bonds. The Hall–Kier alpha value is -4.98. The van der Waals surface area contributed by atoms with Crippen LogP contribution in [0.2, 0.25) is 0 Å². The molecule has 2 aromatic rings. The van der Waals surface area contributed by atoms with Gasteiger partial charge in [-0.1, -0.05) is 31.4 Å². The number of methoxy groups -OCH3 is 1. The smallest absolute Gasteiger partial charge is 0.332 e. The van der Waals surface area contributed by atoms with E-state index >= 15 is 0 Å². The summed E-state index contributed by atoms with van der Waals surface area (Å²) in [6.07, 6.45) is 12.8. The second kappa shape index (κ2) is 11.3. The van der Waals surface area contributed by atoms with Gasteiger partial charge in [0, 0.05) is 22.1 Å². The van der Waals surface area contributed by atoms with E-state index in [-0.39, 0.29) is 5.57 Å². The van der Waals surface area contributed by atoms with Gasteiger partial charge >= 0.3 is 11.9 Å². The van der Waals surface area contributed by atoms with Crippen LogP contribution in [0, 0.1) is 39.0 Å². The van der Waals surface area contributed by atoms with E-state index in [0.29, 0.717) is 18.0 Å². The molecule has 0 saturated heterocycles. The number of aromatic amines is 2. The minimum Gasteiger partial charge on any atom is -0.478 e. The first kappa shape index (κ1) is 30.5. The predicted octanol–water partition coefficient (Wildman–Crippen LogP) is 4.87. The van der Waals surface area contributed by atoms with Crippen molar-refractivity contribution in [3.05, 3.63) is 110 Å². The van der Waals surface area contributed by atoms with Crippen LogP contribution in [-0.2, 0) is 14.3 Å². The number of H-pyrrole nitrogens is 2.